The number of sulfonamides is 1. The lowest BCUT2D eigenvalue weighted by Gasteiger charge is -2.23. The summed E-state index contributed by atoms with van der Waals surface area (Å²) in [4.78, 5) is 11.9. The molecule has 0 radical (unpaired) electrons. The van der Waals surface area contributed by atoms with Crippen LogP contribution in [0.15, 0.2) is 47.4 Å². The van der Waals surface area contributed by atoms with Gasteiger partial charge in [0.25, 0.3) is 15.9 Å². The highest BCUT2D eigenvalue weighted by atomic mass is 35.5. The van der Waals surface area contributed by atoms with E-state index in [9.17, 15) is 22.0 Å². The van der Waals surface area contributed by atoms with Gasteiger partial charge in [-0.05, 0) is 61.9 Å². The first-order valence-electron chi connectivity index (χ1n) is 8.45. The van der Waals surface area contributed by atoms with Crippen molar-refractivity contribution in [1.82, 2.24) is 10.6 Å². The minimum absolute atomic E-state index is 0. The number of anilines is 1. The van der Waals surface area contributed by atoms with Crippen LogP contribution in [0.1, 0.15) is 23.2 Å². The Morgan fingerprint density at radius 3 is 2.39 bits per heavy atom. The van der Waals surface area contributed by atoms with Crippen LogP contribution in [-0.2, 0) is 10.0 Å². The highest BCUT2D eigenvalue weighted by Crippen LogP contribution is 2.19. The molecule has 28 heavy (non-hydrogen) atoms. The maximum Gasteiger partial charge on any atom is 0.261 e. The summed E-state index contributed by atoms with van der Waals surface area (Å²) in [5.41, 5.74) is 0.604. The molecule has 152 valence electrons. The van der Waals surface area contributed by atoms with Crippen molar-refractivity contribution in [2.45, 2.75) is 23.8 Å². The third kappa shape index (κ3) is 5.40. The number of carbonyl (C=O) groups excluding carboxylic acids is 1. The summed E-state index contributed by atoms with van der Waals surface area (Å²) >= 11 is 0. The summed E-state index contributed by atoms with van der Waals surface area (Å²) in [7, 11) is -4.07. The molecule has 2 aromatic rings. The summed E-state index contributed by atoms with van der Waals surface area (Å²) in [6, 6.07) is 8.26. The number of hydrogen-bond acceptors (Lipinski definition) is 4. The van der Waals surface area contributed by atoms with Crippen LogP contribution in [0.4, 0.5) is 14.5 Å². The molecule has 0 spiro atoms. The van der Waals surface area contributed by atoms with Crippen LogP contribution in [0.3, 0.4) is 0 Å². The molecule has 0 aliphatic carbocycles. The lowest BCUT2D eigenvalue weighted by Crippen LogP contribution is -2.45. The first-order chi connectivity index (χ1) is 12.8. The van der Waals surface area contributed by atoms with E-state index in [0.717, 1.165) is 38.1 Å². The molecule has 1 aliphatic heterocycles. The Labute approximate surface area is 168 Å². The van der Waals surface area contributed by atoms with E-state index < -0.39 is 26.6 Å². The van der Waals surface area contributed by atoms with Gasteiger partial charge in [0, 0.05) is 23.8 Å². The first-order valence-corrected chi connectivity index (χ1v) is 9.93. The Morgan fingerprint density at radius 2 is 1.79 bits per heavy atom. The minimum Gasteiger partial charge on any atom is -0.348 e. The fourth-order valence-corrected chi connectivity index (χ4v) is 3.86. The Morgan fingerprint density at radius 1 is 1.07 bits per heavy atom. The molecule has 0 bridgehead atoms. The number of nitrogens with one attached hydrogen (secondary N) is 3. The monoisotopic (exact) mass is 431 g/mol. The van der Waals surface area contributed by atoms with E-state index in [1.807, 2.05) is 0 Å². The van der Waals surface area contributed by atoms with Crippen molar-refractivity contribution < 1.29 is 22.0 Å². The van der Waals surface area contributed by atoms with Crippen molar-refractivity contribution >= 4 is 34.0 Å². The Bertz CT molecular complexity index is 934. The Hall–Kier alpha value is -2.23. The first kappa shape index (κ1) is 22.1. The van der Waals surface area contributed by atoms with Gasteiger partial charge in [-0.2, -0.15) is 0 Å². The Kier molecular flexibility index (Phi) is 7.34. The van der Waals surface area contributed by atoms with Crippen LogP contribution >= 0.6 is 12.4 Å². The molecule has 1 atom stereocenters. The fourth-order valence-electron chi connectivity index (χ4n) is 2.79. The molecule has 1 saturated heterocycles. The van der Waals surface area contributed by atoms with Gasteiger partial charge in [0.2, 0.25) is 0 Å². The zero-order valence-corrected chi connectivity index (χ0v) is 16.4. The summed E-state index contributed by atoms with van der Waals surface area (Å²) in [6.45, 7) is 1.66. The van der Waals surface area contributed by atoms with Crippen molar-refractivity contribution in [2.75, 3.05) is 17.8 Å². The van der Waals surface area contributed by atoms with E-state index in [0.29, 0.717) is 11.6 Å². The largest absolute Gasteiger partial charge is 0.348 e. The zero-order chi connectivity index (χ0) is 19.4. The Balaban J connectivity index is 0.00000280. The average Bonchev–Trinajstić information content (AvgIpc) is 2.65. The van der Waals surface area contributed by atoms with E-state index >= 15 is 0 Å². The van der Waals surface area contributed by atoms with Gasteiger partial charge in [-0.1, -0.05) is 0 Å². The standard InChI is InChI=1S/C18H19F2N3O3S.ClH/c19-16-8-7-15(10-17(16)20)27(25,26)23-13-5-3-12(4-6-13)18(24)22-14-2-1-9-21-11-14;/h3-8,10,14,21,23H,1-2,9,11H2,(H,22,24);1H. The number of halogens is 3. The van der Waals surface area contributed by atoms with E-state index in [4.69, 9.17) is 0 Å². The van der Waals surface area contributed by atoms with Gasteiger partial charge >= 0.3 is 0 Å². The summed E-state index contributed by atoms with van der Waals surface area (Å²) in [5.74, 6) is -2.61. The van der Waals surface area contributed by atoms with Crippen molar-refractivity contribution in [3.63, 3.8) is 0 Å². The fraction of sp³-hybridized carbons (Fsp3) is 0.278. The molecule has 1 heterocycles. The van der Waals surface area contributed by atoms with Crippen LogP contribution in [0.25, 0.3) is 0 Å². The third-order valence-corrected chi connectivity index (χ3v) is 5.61. The van der Waals surface area contributed by atoms with Gasteiger partial charge < -0.3 is 10.6 Å². The molecule has 2 aromatic carbocycles. The lowest BCUT2D eigenvalue weighted by molar-refractivity contribution is 0.0930. The van der Waals surface area contributed by atoms with Crippen molar-refractivity contribution in [3.05, 3.63) is 59.7 Å². The van der Waals surface area contributed by atoms with E-state index in [1.54, 1.807) is 0 Å². The van der Waals surface area contributed by atoms with Gasteiger partial charge in [-0.3, -0.25) is 9.52 Å². The lowest BCUT2D eigenvalue weighted by atomic mass is 10.1. The molecule has 6 nitrogen and oxygen atoms in total. The van der Waals surface area contributed by atoms with Gasteiger partial charge in [-0.25, -0.2) is 17.2 Å². The van der Waals surface area contributed by atoms with Crippen LogP contribution in [-0.4, -0.2) is 33.5 Å². The quantitative estimate of drug-likeness (QED) is 0.679. The van der Waals surface area contributed by atoms with Crippen molar-refractivity contribution in [2.24, 2.45) is 0 Å². The number of carbonyl (C=O) groups is 1. The molecule has 1 unspecified atom stereocenters. The number of piperidine rings is 1. The van der Waals surface area contributed by atoms with E-state index in [-0.39, 0.29) is 30.0 Å². The maximum atomic E-state index is 13.3. The second-order valence-corrected chi connectivity index (χ2v) is 7.96. The second kappa shape index (κ2) is 9.31. The molecule has 3 rings (SSSR count). The highest BCUT2D eigenvalue weighted by Gasteiger charge is 2.18. The van der Waals surface area contributed by atoms with Gasteiger partial charge in [-0.15, -0.1) is 12.4 Å². The normalized spacial score (nSPS) is 16.7. The molecular formula is C18H20ClF2N3O3S. The summed E-state index contributed by atoms with van der Waals surface area (Å²) in [5, 5.41) is 6.13. The number of amides is 1. The number of hydrogen-bond donors (Lipinski definition) is 3. The topological polar surface area (TPSA) is 87.3 Å². The smallest absolute Gasteiger partial charge is 0.261 e. The molecule has 1 amide bonds. The molecule has 0 aromatic heterocycles. The summed E-state index contributed by atoms with van der Waals surface area (Å²) < 4.78 is 53.0. The number of rotatable bonds is 5. The highest BCUT2D eigenvalue weighted by molar-refractivity contribution is 7.92. The molecule has 1 aliphatic rings. The average molecular weight is 432 g/mol. The molecule has 1 fully saturated rings. The van der Waals surface area contributed by atoms with Gasteiger partial charge in [0.15, 0.2) is 11.6 Å². The summed E-state index contributed by atoms with van der Waals surface area (Å²) in [6.07, 6.45) is 1.90. The van der Waals surface area contributed by atoms with Crippen molar-refractivity contribution in [1.29, 1.82) is 0 Å². The zero-order valence-electron chi connectivity index (χ0n) is 14.7. The SMILES string of the molecule is Cl.O=C(NC1CCCNC1)c1ccc(NS(=O)(=O)c2ccc(F)c(F)c2)cc1. The van der Waals surface area contributed by atoms with Crippen LogP contribution in [0.5, 0.6) is 0 Å². The predicted octanol–water partition coefficient (Wildman–Crippen LogP) is 2.67. The number of benzene rings is 2. The van der Waals surface area contributed by atoms with Crippen molar-refractivity contribution in [3.8, 4) is 0 Å². The maximum absolute atomic E-state index is 13.3. The molecular weight excluding hydrogens is 412 g/mol. The molecule has 0 saturated carbocycles. The molecule has 10 heteroatoms. The van der Waals surface area contributed by atoms with Gasteiger partial charge in [0.05, 0.1) is 4.90 Å². The second-order valence-electron chi connectivity index (χ2n) is 6.28. The third-order valence-electron chi connectivity index (χ3n) is 4.23. The van der Waals surface area contributed by atoms with Gasteiger partial charge in [0.1, 0.15) is 0 Å². The minimum atomic E-state index is -4.07. The predicted molar refractivity (Wildman–Crippen MR) is 104 cm³/mol. The molecule has 3 N–H and O–H groups in total. The van der Waals surface area contributed by atoms with Crippen LogP contribution in [0, 0.1) is 11.6 Å². The van der Waals surface area contributed by atoms with Crippen LogP contribution in [0.2, 0.25) is 0 Å². The van der Waals surface area contributed by atoms with E-state index in [2.05, 4.69) is 15.4 Å². The van der Waals surface area contributed by atoms with E-state index in [1.165, 1.54) is 24.3 Å². The van der Waals surface area contributed by atoms with Crippen LogP contribution < -0.4 is 15.4 Å².